The number of carbonyl (C=O) groups excluding carboxylic acids is 1. The summed E-state index contributed by atoms with van der Waals surface area (Å²) in [5, 5.41) is 5.47. The van der Waals surface area contributed by atoms with E-state index in [9.17, 15) is 4.79 Å². The topological polar surface area (TPSA) is 42.0 Å². The fourth-order valence-corrected chi connectivity index (χ4v) is 3.55. The van der Waals surface area contributed by atoms with Gasteiger partial charge < -0.3 is 5.32 Å². The molecule has 1 heterocycles. The monoisotopic (exact) mass is 332 g/mol. The van der Waals surface area contributed by atoms with Crippen LogP contribution in [0.25, 0.3) is 21.0 Å². The highest BCUT2D eigenvalue weighted by atomic mass is 32.1. The van der Waals surface area contributed by atoms with Gasteiger partial charge in [0.05, 0.1) is 21.8 Å². The maximum atomic E-state index is 12.5. The third-order valence-corrected chi connectivity index (χ3v) is 5.01. The Kier molecular flexibility index (Phi) is 3.75. The fourth-order valence-electron chi connectivity index (χ4n) is 2.84. The Bertz CT molecular complexity index is 1040. The fraction of sp³-hybridized carbons (Fsp3) is 0.100. The first-order valence-corrected chi connectivity index (χ1v) is 8.71. The summed E-state index contributed by atoms with van der Waals surface area (Å²) >= 11 is 1.54. The van der Waals surface area contributed by atoms with Crippen molar-refractivity contribution in [2.24, 2.45) is 0 Å². The molecule has 1 unspecified atom stereocenters. The molecule has 3 aromatic carbocycles. The Labute approximate surface area is 144 Å². The molecule has 118 valence electrons. The van der Waals surface area contributed by atoms with E-state index in [4.69, 9.17) is 0 Å². The molecule has 4 heteroatoms. The standard InChI is InChI=1S/C20H16N2OS/c1-13(15-7-6-14-4-2-3-5-16(14)10-15)22-20(23)17-8-9-18-19(11-17)24-12-21-18/h2-13H,1H3,(H,22,23). The molecule has 0 saturated heterocycles. The molecule has 0 saturated carbocycles. The van der Waals surface area contributed by atoms with E-state index in [1.807, 2.05) is 37.3 Å². The minimum atomic E-state index is -0.0639. The van der Waals surface area contributed by atoms with Gasteiger partial charge in [0.1, 0.15) is 0 Å². The summed E-state index contributed by atoms with van der Waals surface area (Å²) in [7, 11) is 0. The summed E-state index contributed by atoms with van der Waals surface area (Å²) in [6, 6.07) is 20.1. The van der Waals surface area contributed by atoms with Crippen molar-refractivity contribution in [3.8, 4) is 0 Å². The van der Waals surface area contributed by atoms with Gasteiger partial charge in [-0.1, -0.05) is 36.4 Å². The van der Waals surface area contributed by atoms with Crippen LogP contribution in [0.4, 0.5) is 0 Å². The van der Waals surface area contributed by atoms with Crippen LogP contribution in [0, 0.1) is 0 Å². The third-order valence-electron chi connectivity index (χ3n) is 4.21. The Morgan fingerprint density at radius 3 is 2.75 bits per heavy atom. The van der Waals surface area contributed by atoms with E-state index in [0.717, 1.165) is 15.8 Å². The lowest BCUT2D eigenvalue weighted by atomic mass is 10.0. The number of nitrogens with zero attached hydrogens (tertiary/aromatic N) is 1. The molecule has 1 amide bonds. The second-order valence-electron chi connectivity index (χ2n) is 5.84. The molecular formula is C20H16N2OS. The number of hydrogen-bond donors (Lipinski definition) is 1. The van der Waals surface area contributed by atoms with Crippen LogP contribution in [-0.2, 0) is 0 Å². The third kappa shape index (κ3) is 2.76. The molecule has 4 rings (SSSR count). The molecule has 0 spiro atoms. The number of amides is 1. The van der Waals surface area contributed by atoms with Crippen molar-refractivity contribution >= 4 is 38.2 Å². The van der Waals surface area contributed by atoms with E-state index in [1.54, 1.807) is 16.8 Å². The van der Waals surface area contributed by atoms with Crippen molar-refractivity contribution in [2.75, 3.05) is 0 Å². The van der Waals surface area contributed by atoms with Gasteiger partial charge >= 0.3 is 0 Å². The molecule has 1 atom stereocenters. The van der Waals surface area contributed by atoms with E-state index in [0.29, 0.717) is 5.56 Å². The second kappa shape index (κ2) is 6.06. The van der Waals surface area contributed by atoms with Crippen molar-refractivity contribution in [3.05, 3.63) is 77.3 Å². The Morgan fingerprint density at radius 1 is 1.04 bits per heavy atom. The van der Waals surface area contributed by atoms with Crippen LogP contribution in [0.1, 0.15) is 28.9 Å². The highest BCUT2D eigenvalue weighted by Crippen LogP contribution is 2.22. The largest absolute Gasteiger partial charge is 0.346 e. The quantitative estimate of drug-likeness (QED) is 0.577. The number of carbonyl (C=O) groups is 1. The lowest BCUT2D eigenvalue weighted by Crippen LogP contribution is -2.26. The molecule has 0 bridgehead atoms. The number of rotatable bonds is 3. The van der Waals surface area contributed by atoms with Crippen LogP contribution in [-0.4, -0.2) is 10.9 Å². The summed E-state index contributed by atoms with van der Waals surface area (Å²) < 4.78 is 1.03. The van der Waals surface area contributed by atoms with Gasteiger partial charge in [0, 0.05) is 5.56 Å². The van der Waals surface area contributed by atoms with Gasteiger partial charge in [-0.2, -0.15) is 0 Å². The maximum Gasteiger partial charge on any atom is 0.251 e. The molecule has 1 N–H and O–H groups in total. The first kappa shape index (κ1) is 14.8. The molecule has 24 heavy (non-hydrogen) atoms. The van der Waals surface area contributed by atoms with E-state index in [2.05, 4.69) is 40.6 Å². The van der Waals surface area contributed by atoms with Crippen LogP contribution in [0.15, 0.2) is 66.2 Å². The van der Waals surface area contributed by atoms with Crippen molar-refractivity contribution in [1.82, 2.24) is 10.3 Å². The van der Waals surface area contributed by atoms with E-state index < -0.39 is 0 Å². The summed E-state index contributed by atoms with van der Waals surface area (Å²) in [6.45, 7) is 2.01. The zero-order valence-electron chi connectivity index (χ0n) is 13.2. The smallest absolute Gasteiger partial charge is 0.251 e. The van der Waals surface area contributed by atoms with Crippen molar-refractivity contribution in [1.29, 1.82) is 0 Å². The number of benzene rings is 3. The Hall–Kier alpha value is -2.72. The predicted molar refractivity (Wildman–Crippen MR) is 99.4 cm³/mol. The first-order chi connectivity index (χ1) is 11.7. The maximum absolute atomic E-state index is 12.5. The van der Waals surface area contributed by atoms with Gasteiger partial charge in [-0.15, -0.1) is 11.3 Å². The number of hydrogen-bond acceptors (Lipinski definition) is 3. The molecule has 0 radical (unpaired) electrons. The number of thiazole rings is 1. The lowest BCUT2D eigenvalue weighted by molar-refractivity contribution is 0.0940. The minimum Gasteiger partial charge on any atom is -0.346 e. The SMILES string of the molecule is CC(NC(=O)c1ccc2ncsc2c1)c1ccc2ccccc2c1. The number of aromatic nitrogens is 1. The van der Waals surface area contributed by atoms with Crippen LogP contribution in [0.2, 0.25) is 0 Å². The van der Waals surface area contributed by atoms with Crippen LogP contribution in [0.5, 0.6) is 0 Å². The van der Waals surface area contributed by atoms with Gasteiger partial charge in [-0.3, -0.25) is 4.79 Å². The van der Waals surface area contributed by atoms with Gasteiger partial charge in [-0.05, 0) is 47.5 Å². The zero-order valence-corrected chi connectivity index (χ0v) is 14.0. The van der Waals surface area contributed by atoms with Crippen LogP contribution >= 0.6 is 11.3 Å². The van der Waals surface area contributed by atoms with Crippen LogP contribution in [0.3, 0.4) is 0 Å². The van der Waals surface area contributed by atoms with E-state index in [-0.39, 0.29) is 11.9 Å². The second-order valence-corrected chi connectivity index (χ2v) is 6.72. The van der Waals surface area contributed by atoms with Crippen molar-refractivity contribution in [3.63, 3.8) is 0 Å². The molecule has 3 nitrogen and oxygen atoms in total. The summed E-state index contributed by atoms with van der Waals surface area (Å²) in [4.78, 5) is 16.8. The van der Waals surface area contributed by atoms with E-state index >= 15 is 0 Å². The van der Waals surface area contributed by atoms with Gasteiger partial charge in [0.15, 0.2) is 0 Å². The minimum absolute atomic E-state index is 0.0562. The van der Waals surface area contributed by atoms with Crippen molar-refractivity contribution in [2.45, 2.75) is 13.0 Å². The van der Waals surface area contributed by atoms with Gasteiger partial charge in [-0.25, -0.2) is 4.98 Å². The Morgan fingerprint density at radius 2 is 1.88 bits per heavy atom. The first-order valence-electron chi connectivity index (χ1n) is 7.83. The molecule has 0 aliphatic rings. The molecule has 0 aliphatic carbocycles. The summed E-state index contributed by atoms with van der Waals surface area (Å²) in [5.41, 5.74) is 4.49. The molecule has 1 aromatic heterocycles. The van der Waals surface area contributed by atoms with Gasteiger partial charge in [0.25, 0.3) is 5.91 Å². The lowest BCUT2D eigenvalue weighted by Gasteiger charge is -2.15. The van der Waals surface area contributed by atoms with E-state index in [1.165, 1.54) is 10.8 Å². The molecule has 0 fully saturated rings. The van der Waals surface area contributed by atoms with Crippen molar-refractivity contribution < 1.29 is 4.79 Å². The predicted octanol–water partition coefficient (Wildman–Crippen LogP) is 4.94. The highest BCUT2D eigenvalue weighted by Gasteiger charge is 2.12. The molecule has 4 aromatic rings. The normalized spacial score (nSPS) is 12.4. The molecular weight excluding hydrogens is 316 g/mol. The number of fused-ring (bicyclic) bond motifs is 2. The summed E-state index contributed by atoms with van der Waals surface area (Å²) in [5.74, 6) is -0.0639. The average molecular weight is 332 g/mol. The van der Waals surface area contributed by atoms with Crippen LogP contribution < -0.4 is 5.32 Å². The zero-order chi connectivity index (χ0) is 16.5. The summed E-state index contributed by atoms with van der Waals surface area (Å²) in [6.07, 6.45) is 0. The highest BCUT2D eigenvalue weighted by molar-refractivity contribution is 7.16. The Balaban J connectivity index is 1.57. The average Bonchev–Trinajstić information content (AvgIpc) is 3.08. The molecule has 0 aliphatic heterocycles. The van der Waals surface area contributed by atoms with Gasteiger partial charge in [0.2, 0.25) is 0 Å². The number of nitrogens with one attached hydrogen (secondary N) is 1.